The van der Waals surface area contributed by atoms with Crippen molar-refractivity contribution in [2.75, 3.05) is 0 Å². The number of carbonyl (C=O) groups is 3. The first kappa shape index (κ1) is 45.6. The van der Waals surface area contributed by atoms with Gasteiger partial charge in [0.05, 0.1) is 0 Å². The van der Waals surface area contributed by atoms with Gasteiger partial charge < -0.3 is 0 Å². The molecule has 0 spiro atoms. The van der Waals surface area contributed by atoms with Crippen molar-refractivity contribution in [2.24, 2.45) is 0 Å². The molecule has 282 valence electrons. The van der Waals surface area contributed by atoms with Crippen LogP contribution in [0.15, 0.2) is 30.3 Å². The van der Waals surface area contributed by atoms with Crippen LogP contribution in [0.2, 0.25) is 0 Å². The van der Waals surface area contributed by atoms with Gasteiger partial charge in [0.15, 0.2) is 0 Å². The standard InChI is InChI=1S/3C12H24O2.C6H5.Pb/c3*1-2-3-4-5-6-7-8-9-10-11-12(13)14;1-2-4-6-5-3-1;/h3*2-11H2,1H3,(H,13,14);1-5H;/q;;;;+3/p-3. The van der Waals surface area contributed by atoms with Gasteiger partial charge in [0.1, 0.15) is 0 Å². The van der Waals surface area contributed by atoms with Gasteiger partial charge >= 0.3 is 289 Å². The van der Waals surface area contributed by atoms with Crippen LogP contribution < -0.4 is 3.12 Å². The molecule has 1 aromatic rings. The predicted molar refractivity (Wildman–Crippen MR) is 206 cm³/mol. The van der Waals surface area contributed by atoms with Gasteiger partial charge in [-0.3, -0.25) is 0 Å². The molecule has 0 saturated heterocycles. The molecular weight excluding hydrogens is 808 g/mol. The van der Waals surface area contributed by atoms with Crippen LogP contribution in [0.25, 0.3) is 0 Å². The number of benzene rings is 1. The summed E-state index contributed by atoms with van der Waals surface area (Å²) in [6.07, 6.45) is 31.6. The number of rotatable bonds is 34. The topological polar surface area (TPSA) is 78.9 Å². The van der Waals surface area contributed by atoms with E-state index in [0.29, 0.717) is 22.4 Å². The fraction of sp³-hybridized carbons (Fsp3) is 0.786. The van der Waals surface area contributed by atoms with Gasteiger partial charge in [0, 0.05) is 0 Å². The van der Waals surface area contributed by atoms with Crippen LogP contribution in [-0.4, -0.2) is 40.4 Å². The van der Waals surface area contributed by atoms with Crippen molar-refractivity contribution in [3.8, 4) is 0 Å². The molecule has 0 atom stereocenters. The van der Waals surface area contributed by atoms with Crippen LogP contribution in [0.5, 0.6) is 0 Å². The molecule has 1 aromatic carbocycles. The van der Waals surface area contributed by atoms with Gasteiger partial charge in [-0.1, -0.05) is 20.8 Å². The molecule has 0 bridgehead atoms. The summed E-state index contributed by atoms with van der Waals surface area (Å²) in [5.41, 5.74) is 0. The summed E-state index contributed by atoms with van der Waals surface area (Å²) in [4.78, 5) is 39.9. The molecule has 0 heterocycles. The number of unbranched alkanes of at least 4 members (excludes halogenated alkanes) is 24. The van der Waals surface area contributed by atoms with E-state index in [1.807, 2.05) is 18.2 Å². The van der Waals surface area contributed by atoms with E-state index in [0.717, 1.165) is 38.5 Å². The van der Waals surface area contributed by atoms with E-state index in [-0.39, 0.29) is 19.3 Å². The first-order valence-electron chi connectivity index (χ1n) is 20.7. The van der Waals surface area contributed by atoms with Gasteiger partial charge in [-0.05, 0) is 0 Å². The van der Waals surface area contributed by atoms with Crippen molar-refractivity contribution in [1.29, 1.82) is 0 Å². The molecule has 0 aliphatic rings. The van der Waals surface area contributed by atoms with E-state index >= 15 is 0 Å². The summed E-state index contributed by atoms with van der Waals surface area (Å²) in [6.45, 7) is 6.69. The summed E-state index contributed by atoms with van der Waals surface area (Å²) in [5, 5.41) is 0. The van der Waals surface area contributed by atoms with E-state index in [4.69, 9.17) is 8.06 Å². The van der Waals surface area contributed by atoms with Gasteiger partial charge in [0.25, 0.3) is 0 Å². The summed E-state index contributed by atoms with van der Waals surface area (Å²) in [6, 6.07) is 9.07. The van der Waals surface area contributed by atoms with E-state index in [2.05, 4.69) is 20.8 Å². The van der Waals surface area contributed by atoms with E-state index in [1.54, 1.807) is 12.1 Å². The number of carbonyl (C=O) groups excluding carboxylic acids is 3. The molecular formula is C42H74O6Pb. The van der Waals surface area contributed by atoms with Gasteiger partial charge in [0.2, 0.25) is 0 Å². The molecule has 0 aromatic heterocycles. The Morgan fingerprint density at radius 1 is 0.388 bits per heavy atom. The van der Waals surface area contributed by atoms with Crippen LogP contribution in [-0.2, 0) is 22.4 Å². The summed E-state index contributed by atoms with van der Waals surface area (Å²) in [5.74, 6) is -1.29. The quantitative estimate of drug-likeness (QED) is 0.0507. The average molecular weight is 882 g/mol. The van der Waals surface area contributed by atoms with Crippen molar-refractivity contribution < 1.29 is 22.4 Å². The van der Waals surface area contributed by atoms with Crippen LogP contribution >= 0.6 is 0 Å². The molecule has 0 aliphatic carbocycles. The van der Waals surface area contributed by atoms with E-state index < -0.39 is 40.4 Å². The molecule has 0 saturated carbocycles. The fourth-order valence-corrected chi connectivity index (χ4v) is 15.1. The van der Waals surface area contributed by atoms with Crippen LogP contribution in [0.4, 0.5) is 0 Å². The van der Waals surface area contributed by atoms with Gasteiger partial charge in [-0.2, -0.15) is 0 Å². The number of hydrogen-bond acceptors (Lipinski definition) is 6. The van der Waals surface area contributed by atoms with Crippen molar-refractivity contribution in [3.63, 3.8) is 0 Å². The van der Waals surface area contributed by atoms with Crippen LogP contribution in [0.1, 0.15) is 213 Å². The SMILES string of the molecule is CCCCCCCCCCCC(=O)[O][Pb]([O]C(=O)CCCCCCCCCCC)([O]C(=O)CCCCCCCCCCC)[c]1ccccc1. The van der Waals surface area contributed by atoms with Crippen molar-refractivity contribution in [1.82, 2.24) is 0 Å². The Bertz CT molecular complexity index is 848. The van der Waals surface area contributed by atoms with Crippen LogP contribution in [0, 0.1) is 0 Å². The van der Waals surface area contributed by atoms with Crippen molar-refractivity contribution in [2.45, 2.75) is 213 Å². The first-order chi connectivity index (χ1) is 24.0. The third-order valence-corrected chi connectivity index (χ3v) is 19.2. The zero-order valence-electron chi connectivity index (χ0n) is 32.0. The van der Waals surface area contributed by atoms with Gasteiger partial charge in [-0.25, -0.2) is 0 Å². The molecule has 7 heteroatoms. The third-order valence-electron chi connectivity index (χ3n) is 9.33. The summed E-state index contributed by atoms with van der Waals surface area (Å²) < 4.78 is 18.9. The van der Waals surface area contributed by atoms with Gasteiger partial charge in [-0.15, -0.1) is 0 Å². The average Bonchev–Trinajstić information content (AvgIpc) is 3.09. The zero-order valence-corrected chi connectivity index (χ0v) is 35.9. The predicted octanol–water partition coefficient (Wildman–Crippen LogP) is 12.2. The van der Waals surface area contributed by atoms with Crippen molar-refractivity contribution >= 4 is 43.6 Å². The second-order valence-electron chi connectivity index (χ2n) is 14.1. The molecule has 0 amide bonds. The first-order valence-corrected chi connectivity index (χ1v) is 27.4. The minimum absolute atomic E-state index is 0.232. The van der Waals surface area contributed by atoms with E-state index in [1.165, 1.54) is 116 Å². The molecule has 0 fully saturated rings. The fourth-order valence-electron chi connectivity index (χ4n) is 6.22. The Morgan fingerprint density at radius 2 is 0.633 bits per heavy atom. The molecule has 0 N–H and O–H groups in total. The number of hydrogen-bond donors (Lipinski definition) is 0. The second kappa shape index (κ2) is 32.5. The molecule has 0 aliphatic heterocycles. The maximum absolute atomic E-state index is 13.3. The summed E-state index contributed by atoms with van der Waals surface area (Å²) >= 11 is -5.38. The second-order valence-corrected chi connectivity index (χ2v) is 23.0. The molecule has 6 nitrogen and oxygen atoms in total. The molecule has 49 heavy (non-hydrogen) atoms. The van der Waals surface area contributed by atoms with Crippen molar-refractivity contribution in [3.05, 3.63) is 30.3 Å². The van der Waals surface area contributed by atoms with Crippen LogP contribution in [0.3, 0.4) is 0 Å². The zero-order chi connectivity index (χ0) is 35.7. The third kappa shape index (κ3) is 25.2. The Labute approximate surface area is 308 Å². The van der Waals surface area contributed by atoms with E-state index in [9.17, 15) is 14.4 Å². The minimum atomic E-state index is -5.38. The molecule has 0 radical (unpaired) electrons. The Balaban J connectivity index is 2.79. The maximum atomic E-state index is 13.3. The molecule has 0 unspecified atom stereocenters. The Hall–Kier alpha value is -1.45. The normalized spacial score (nSPS) is 11.4. The Kier molecular flexibility index (Phi) is 30.2. The monoisotopic (exact) mass is 883 g/mol. The Morgan fingerprint density at radius 3 is 0.898 bits per heavy atom. The molecule has 1 rings (SSSR count). The summed E-state index contributed by atoms with van der Waals surface area (Å²) in [7, 11) is 0.